The third kappa shape index (κ3) is 2.76. The lowest BCUT2D eigenvalue weighted by molar-refractivity contribution is -0.136. The Hall–Kier alpha value is -0.860. The van der Waals surface area contributed by atoms with Crippen LogP contribution in [0.15, 0.2) is 30.3 Å². The highest BCUT2D eigenvalue weighted by Crippen LogP contribution is 2.35. The summed E-state index contributed by atoms with van der Waals surface area (Å²) in [7, 11) is 0. The van der Waals surface area contributed by atoms with Crippen LogP contribution in [0.1, 0.15) is 45.8 Å². The van der Waals surface area contributed by atoms with Crippen molar-refractivity contribution >= 4 is 0 Å². The molecule has 3 atom stereocenters. The maximum atomic E-state index is 6.42. The monoisotopic (exact) mass is 247 g/mol. The minimum absolute atomic E-state index is 0.0497. The number of nitrogens with one attached hydrogen (secondary N) is 1. The molecule has 1 heterocycles. The molecule has 1 aromatic rings. The molecule has 0 amide bonds. The number of ether oxygens (including phenoxy) is 1. The van der Waals surface area contributed by atoms with Gasteiger partial charge in [-0.2, -0.15) is 0 Å². The molecule has 1 saturated heterocycles. The summed E-state index contributed by atoms with van der Waals surface area (Å²) in [6.07, 6.45) is 1.19. The first-order valence-electron chi connectivity index (χ1n) is 7.02. The Labute approximate surface area is 111 Å². The van der Waals surface area contributed by atoms with Crippen LogP contribution in [0.3, 0.4) is 0 Å². The van der Waals surface area contributed by atoms with Crippen molar-refractivity contribution in [2.45, 2.75) is 51.9 Å². The normalized spacial score (nSPS) is 32.7. The van der Waals surface area contributed by atoms with Gasteiger partial charge >= 0.3 is 0 Å². The highest BCUT2D eigenvalue weighted by molar-refractivity contribution is 5.20. The maximum Gasteiger partial charge on any atom is 0.0988 e. The van der Waals surface area contributed by atoms with Gasteiger partial charge in [-0.05, 0) is 24.8 Å². The summed E-state index contributed by atoms with van der Waals surface area (Å²) in [5.74, 6) is 0.566. The van der Waals surface area contributed by atoms with Gasteiger partial charge in [-0.25, -0.2) is 0 Å². The zero-order chi connectivity index (χ0) is 13.2. The first kappa shape index (κ1) is 13.6. The van der Waals surface area contributed by atoms with Gasteiger partial charge in [0.05, 0.1) is 11.7 Å². The first-order valence-corrected chi connectivity index (χ1v) is 7.02. The number of rotatable bonds is 3. The van der Waals surface area contributed by atoms with Crippen molar-refractivity contribution in [3.05, 3.63) is 35.9 Å². The van der Waals surface area contributed by atoms with Gasteiger partial charge in [-0.1, -0.05) is 51.1 Å². The molecule has 3 unspecified atom stereocenters. The van der Waals surface area contributed by atoms with E-state index in [2.05, 4.69) is 63.3 Å². The minimum Gasteiger partial charge on any atom is -0.364 e. The summed E-state index contributed by atoms with van der Waals surface area (Å²) in [4.78, 5) is 0. The Bertz CT molecular complexity index is 376. The predicted molar refractivity (Wildman–Crippen MR) is 75.6 cm³/mol. The van der Waals surface area contributed by atoms with Crippen LogP contribution in [-0.4, -0.2) is 18.2 Å². The van der Waals surface area contributed by atoms with Crippen molar-refractivity contribution in [3.63, 3.8) is 0 Å². The number of benzene rings is 1. The Morgan fingerprint density at radius 3 is 2.56 bits per heavy atom. The van der Waals surface area contributed by atoms with Gasteiger partial charge in [0.25, 0.3) is 0 Å². The zero-order valence-corrected chi connectivity index (χ0v) is 11.9. The van der Waals surface area contributed by atoms with Crippen molar-refractivity contribution in [1.29, 1.82) is 0 Å². The fourth-order valence-electron chi connectivity index (χ4n) is 2.57. The SMILES string of the molecule is CCC1(C)CNC(C(C)C)C(c2ccccc2)O1. The lowest BCUT2D eigenvalue weighted by atomic mass is 9.88. The quantitative estimate of drug-likeness (QED) is 0.882. The van der Waals surface area contributed by atoms with E-state index in [1.54, 1.807) is 0 Å². The molecule has 1 N–H and O–H groups in total. The van der Waals surface area contributed by atoms with Crippen LogP contribution in [0.5, 0.6) is 0 Å². The fourth-order valence-corrected chi connectivity index (χ4v) is 2.57. The summed E-state index contributed by atoms with van der Waals surface area (Å²) in [6.45, 7) is 9.85. The van der Waals surface area contributed by atoms with Gasteiger partial charge in [-0.15, -0.1) is 0 Å². The molecule has 1 aromatic carbocycles. The van der Waals surface area contributed by atoms with E-state index in [0.29, 0.717) is 12.0 Å². The molecule has 0 radical (unpaired) electrons. The molecule has 1 aliphatic heterocycles. The fraction of sp³-hybridized carbons (Fsp3) is 0.625. The Balaban J connectivity index is 2.26. The van der Waals surface area contributed by atoms with Crippen LogP contribution in [0.25, 0.3) is 0 Å². The molecule has 2 heteroatoms. The third-order valence-electron chi connectivity index (χ3n) is 4.04. The van der Waals surface area contributed by atoms with Crippen LogP contribution >= 0.6 is 0 Å². The summed E-state index contributed by atoms with van der Waals surface area (Å²) < 4.78 is 6.42. The largest absolute Gasteiger partial charge is 0.364 e. The Morgan fingerprint density at radius 1 is 1.33 bits per heavy atom. The molecule has 2 nitrogen and oxygen atoms in total. The van der Waals surface area contributed by atoms with Gasteiger partial charge < -0.3 is 10.1 Å². The molecular weight excluding hydrogens is 222 g/mol. The Kier molecular flexibility index (Phi) is 4.08. The van der Waals surface area contributed by atoms with Crippen molar-refractivity contribution in [2.24, 2.45) is 5.92 Å². The van der Waals surface area contributed by atoms with Crippen LogP contribution in [0, 0.1) is 5.92 Å². The van der Waals surface area contributed by atoms with Crippen molar-refractivity contribution < 1.29 is 4.74 Å². The molecule has 0 aromatic heterocycles. The van der Waals surface area contributed by atoms with Gasteiger partial charge in [0.15, 0.2) is 0 Å². The van der Waals surface area contributed by atoms with E-state index in [-0.39, 0.29) is 11.7 Å². The van der Waals surface area contributed by atoms with Gasteiger partial charge in [0.1, 0.15) is 0 Å². The molecule has 100 valence electrons. The minimum atomic E-state index is -0.0497. The standard InChI is InChI=1S/C16H25NO/c1-5-16(4)11-17-14(12(2)3)15(18-16)13-9-7-6-8-10-13/h6-10,12,14-15,17H,5,11H2,1-4H3. The van der Waals surface area contributed by atoms with E-state index in [1.807, 2.05) is 0 Å². The lowest BCUT2D eigenvalue weighted by Gasteiger charge is -2.45. The summed E-state index contributed by atoms with van der Waals surface area (Å²) in [6, 6.07) is 11.0. The zero-order valence-electron chi connectivity index (χ0n) is 11.9. The van der Waals surface area contributed by atoms with Crippen molar-refractivity contribution in [3.8, 4) is 0 Å². The van der Waals surface area contributed by atoms with E-state index in [4.69, 9.17) is 4.74 Å². The first-order chi connectivity index (χ1) is 8.56. The average molecular weight is 247 g/mol. The van der Waals surface area contributed by atoms with Crippen LogP contribution in [0.2, 0.25) is 0 Å². The Morgan fingerprint density at radius 2 is 2.00 bits per heavy atom. The maximum absolute atomic E-state index is 6.42. The van der Waals surface area contributed by atoms with E-state index < -0.39 is 0 Å². The van der Waals surface area contributed by atoms with Crippen molar-refractivity contribution in [1.82, 2.24) is 5.32 Å². The summed E-state index contributed by atoms with van der Waals surface area (Å²) in [5, 5.41) is 3.68. The number of morpholine rings is 1. The molecular formula is C16H25NO. The van der Waals surface area contributed by atoms with E-state index in [9.17, 15) is 0 Å². The molecule has 1 aliphatic rings. The molecule has 2 rings (SSSR count). The molecule has 0 spiro atoms. The molecule has 0 bridgehead atoms. The number of hydrogen-bond donors (Lipinski definition) is 1. The van der Waals surface area contributed by atoms with E-state index in [1.165, 1.54) is 5.56 Å². The van der Waals surface area contributed by atoms with E-state index in [0.717, 1.165) is 13.0 Å². The van der Waals surface area contributed by atoms with Gasteiger partial charge in [0, 0.05) is 12.6 Å². The highest BCUT2D eigenvalue weighted by atomic mass is 16.5. The summed E-state index contributed by atoms with van der Waals surface area (Å²) in [5.41, 5.74) is 1.23. The molecule has 1 fully saturated rings. The molecule has 18 heavy (non-hydrogen) atoms. The topological polar surface area (TPSA) is 21.3 Å². The third-order valence-corrected chi connectivity index (χ3v) is 4.04. The van der Waals surface area contributed by atoms with Gasteiger partial charge in [-0.3, -0.25) is 0 Å². The van der Waals surface area contributed by atoms with E-state index >= 15 is 0 Å². The smallest absolute Gasteiger partial charge is 0.0988 e. The van der Waals surface area contributed by atoms with Crippen LogP contribution in [-0.2, 0) is 4.74 Å². The van der Waals surface area contributed by atoms with Crippen LogP contribution in [0.4, 0.5) is 0 Å². The second-order valence-corrected chi connectivity index (χ2v) is 5.90. The van der Waals surface area contributed by atoms with Crippen molar-refractivity contribution in [2.75, 3.05) is 6.54 Å². The average Bonchev–Trinajstić information content (AvgIpc) is 2.39. The highest BCUT2D eigenvalue weighted by Gasteiger charge is 2.38. The second-order valence-electron chi connectivity index (χ2n) is 5.90. The predicted octanol–water partition coefficient (Wildman–Crippen LogP) is 3.54. The molecule has 0 saturated carbocycles. The van der Waals surface area contributed by atoms with Crippen LogP contribution < -0.4 is 5.32 Å². The van der Waals surface area contributed by atoms with Gasteiger partial charge in [0.2, 0.25) is 0 Å². The summed E-state index contributed by atoms with van der Waals surface area (Å²) >= 11 is 0. The number of hydrogen-bond acceptors (Lipinski definition) is 2. The molecule has 0 aliphatic carbocycles. The second kappa shape index (κ2) is 5.41. The lowest BCUT2D eigenvalue weighted by Crippen LogP contribution is -2.55.